The average Bonchev–Trinajstić information content (AvgIpc) is 3.14. The Bertz CT molecular complexity index is 577. The van der Waals surface area contributed by atoms with E-state index in [1.165, 1.54) is 0 Å². The maximum absolute atomic E-state index is 12.3. The Labute approximate surface area is 171 Å². The molecule has 2 atom stereocenters. The van der Waals surface area contributed by atoms with Crippen molar-refractivity contribution in [3.05, 3.63) is 11.6 Å². The van der Waals surface area contributed by atoms with Gasteiger partial charge >= 0.3 is 0 Å². The van der Waals surface area contributed by atoms with E-state index in [9.17, 15) is 4.79 Å². The SMILES string of the molecule is CCNC(=NCCCSc1nccs1)NC1CCCC(C(=O)NC(C)C)C1. The number of aromatic nitrogens is 1. The first kappa shape index (κ1) is 22.0. The lowest BCUT2D eigenvalue weighted by molar-refractivity contribution is -0.126. The Kier molecular flexibility index (Phi) is 9.97. The Morgan fingerprint density at radius 1 is 1.44 bits per heavy atom. The third kappa shape index (κ3) is 8.51. The summed E-state index contributed by atoms with van der Waals surface area (Å²) < 4.78 is 1.12. The molecule has 1 fully saturated rings. The molecule has 0 bridgehead atoms. The number of rotatable bonds is 9. The van der Waals surface area contributed by atoms with Crippen molar-refractivity contribution in [3.63, 3.8) is 0 Å². The van der Waals surface area contributed by atoms with Crippen molar-refractivity contribution in [2.45, 2.75) is 69.3 Å². The van der Waals surface area contributed by atoms with Crippen LogP contribution >= 0.6 is 23.1 Å². The molecule has 1 amide bonds. The topological polar surface area (TPSA) is 78.4 Å². The van der Waals surface area contributed by atoms with Gasteiger partial charge in [-0.1, -0.05) is 18.2 Å². The first-order valence-electron chi connectivity index (χ1n) is 9.96. The molecular formula is C19H33N5OS2. The molecule has 2 rings (SSSR count). The van der Waals surface area contributed by atoms with Crippen molar-refractivity contribution in [1.82, 2.24) is 20.9 Å². The summed E-state index contributed by atoms with van der Waals surface area (Å²) >= 11 is 3.47. The summed E-state index contributed by atoms with van der Waals surface area (Å²) in [6.07, 6.45) is 6.90. The predicted molar refractivity (Wildman–Crippen MR) is 116 cm³/mol. The number of guanidine groups is 1. The molecule has 0 radical (unpaired) electrons. The molecule has 1 saturated carbocycles. The van der Waals surface area contributed by atoms with Crippen LogP contribution in [0.2, 0.25) is 0 Å². The highest BCUT2D eigenvalue weighted by molar-refractivity contribution is 8.00. The first-order chi connectivity index (χ1) is 13.1. The number of aliphatic imine (C=N–C) groups is 1. The number of nitrogens with zero attached hydrogens (tertiary/aromatic N) is 2. The van der Waals surface area contributed by atoms with Crippen LogP contribution in [-0.4, -0.2) is 47.8 Å². The number of thioether (sulfide) groups is 1. The van der Waals surface area contributed by atoms with E-state index in [1.807, 2.05) is 25.4 Å². The maximum Gasteiger partial charge on any atom is 0.223 e. The van der Waals surface area contributed by atoms with Gasteiger partial charge in [0.1, 0.15) is 4.34 Å². The molecule has 1 heterocycles. The number of thiazole rings is 1. The Hall–Kier alpha value is -1.28. The molecule has 0 aliphatic heterocycles. The third-order valence-corrected chi connectivity index (χ3v) is 6.42. The lowest BCUT2D eigenvalue weighted by Gasteiger charge is -2.30. The zero-order chi connectivity index (χ0) is 19.5. The molecule has 1 aromatic heterocycles. The second-order valence-corrected chi connectivity index (χ2v) is 9.37. The van der Waals surface area contributed by atoms with Crippen molar-refractivity contribution in [3.8, 4) is 0 Å². The van der Waals surface area contributed by atoms with Crippen LogP contribution in [0.3, 0.4) is 0 Å². The van der Waals surface area contributed by atoms with Gasteiger partial charge in [0, 0.05) is 48.4 Å². The van der Waals surface area contributed by atoms with E-state index in [4.69, 9.17) is 4.99 Å². The average molecular weight is 412 g/mol. The predicted octanol–water partition coefficient (Wildman–Crippen LogP) is 3.26. The van der Waals surface area contributed by atoms with Gasteiger partial charge in [0.25, 0.3) is 0 Å². The summed E-state index contributed by atoms with van der Waals surface area (Å²) in [5, 5.41) is 11.9. The van der Waals surface area contributed by atoms with Crippen molar-refractivity contribution in [1.29, 1.82) is 0 Å². The normalized spacial score (nSPS) is 20.5. The van der Waals surface area contributed by atoms with Crippen LogP contribution in [0.25, 0.3) is 0 Å². The van der Waals surface area contributed by atoms with Gasteiger partial charge in [-0.3, -0.25) is 9.79 Å². The largest absolute Gasteiger partial charge is 0.357 e. The Balaban J connectivity index is 1.76. The van der Waals surface area contributed by atoms with Gasteiger partial charge in [0.05, 0.1) is 0 Å². The van der Waals surface area contributed by atoms with Crippen LogP contribution in [0, 0.1) is 5.92 Å². The second-order valence-electron chi connectivity index (χ2n) is 7.13. The van der Waals surface area contributed by atoms with E-state index in [-0.39, 0.29) is 17.9 Å². The van der Waals surface area contributed by atoms with E-state index < -0.39 is 0 Å². The highest BCUT2D eigenvalue weighted by Crippen LogP contribution is 2.24. The third-order valence-electron chi connectivity index (χ3n) is 4.37. The number of amides is 1. The summed E-state index contributed by atoms with van der Waals surface area (Å²) in [7, 11) is 0. The standard InChI is InChI=1S/C19H33N5OS2/c1-4-20-18(21-9-6-11-26-19-22-10-12-27-19)24-16-8-5-7-15(13-16)17(25)23-14(2)3/h10,12,14-16H,4-9,11,13H2,1-3H3,(H,23,25)(H2,20,21,24). The number of hydrogen-bond donors (Lipinski definition) is 3. The highest BCUT2D eigenvalue weighted by atomic mass is 32.2. The van der Waals surface area contributed by atoms with E-state index >= 15 is 0 Å². The quantitative estimate of drug-likeness (QED) is 0.252. The summed E-state index contributed by atoms with van der Waals surface area (Å²) in [6, 6.07) is 0.510. The molecule has 1 aliphatic rings. The van der Waals surface area contributed by atoms with Gasteiger partial charge in [-0.25, -0.2) is 4.98 Å². The fourth-order valence-corrected chi connectivity index (χ4v) is 4.80. The number of nitrogens with one attached hydrogen (secondary N) is 3. The molecule has 152 valence electrons. The fraction of sp³-hybridized carbons (Fsp3) is 0.737. The number of carbonyl (C=O) groups excluding carboxylic acids is 1. The fourth-order valence-electron chi connectivity index (χ4n) is 3.17. The molecule has 3 N–H and O–H groups in total. The lowest BCUT2D eigenvalue weighted by Crippen LogP contribution is -2.47. The summed E-state index contributed by atoms with van der Waals surface area (Å²) in [5.74, 6) is 2.19. The molecule has 1 aliphatic carbocycles. The minimum Gasteiger partial charge on any atom is -0.357 e. The molecule has 6 nitrogen and oxygen atoms in total. The van der Waals surface area contributed by atoms with Crippen LogP contribution in [0.4, 0.5) is 0 Å². The maximum atomic E-state index is 12.3. The van der Waals surface area contributed by atoms with Crippen LogP contribution < -0.4 is 16.0 Å². The van der Waals surface area contributed by atoms with Crippen LogP contribution in [-0.2, 0) is 4.79 Å². The summed E-state index contributed by atoms with van der Waals surface area (Å²) in [4.78, 5) is 21.3. The van der Waals surface area contributed by atoms with Gasteiger partial charge < -0.3 is 16.0 Å². The van der Waals surface area contributed by atoms with Gasteiger partial charge in [0.15, 0.2) is 5.96 Å². The highest BCUT2D eigenvalue weighted by Gasteiger charge is 2.27. The molecule has 0 spiro atoms. The zero-order valence-corrected chi connectivity index (χ0v) is 18.3. The number of carbonyl (C=O) groups is 1. The monoisotopic (exact) mass is 411 g/mol. The van der Waals surface area contributed by atoms with Gasteiger partial charge in [-0.15, -0.1) is 11.3 Å². The lowest BCUT2D eigenvalue weighted by atomic mass is 9.85. The van der Waals surface area contributed by atoms with E-state index in [0.717, 1.165) is 61.2 Å². The first-order valence-corrected chi connectivity index (χ1v) is 11.8. The molecular weight excluding hydrogens is 378 g/mol. The minimum absolute atomic E-state index is 0.108. The smallest absolute Gasteiger partial charge is 0.223 e. The Morgan fingerprint density at radius 2 is 2.30 bits per heavy atom. The summed E-state index contributed by atoms with van der Waals surface area (Å²) in [5.41, 5.74) is 0. The van der Waals surface area contributed by atoms with Crippen LogP contribution in [0.15, 0.2) is 20.9 Å². The van der Waals surface area contributed by atoms with Crippen LogP contribution in [0.1, 0.15) is 52.9 Å². The van der Waals surface area contributed by atoms with Crippen molar-refractivity contribution < 1.29 is 4.79 Å². The molecule has 0 aromatic carbocycles. The zero-order valence-electron chi connectivity index (χ0n) is 16.7. The Morgan fingerprint density at radius 3 is 3.00 bits per heavy atom. The molecule has 2 unspecified atom stereocenters. The van der Waals surface area contributed by atoms with Crippen molar-refractivity contribution in [2.24, 2.45) is 10.9 Å². The second kappa shape index (κ2) is 12.2. The van der Waals surface area contributed by atoms with E-state index in [2.05, 4.69) is 27.9 Å². The van der Waals surface area contributed by atoms with Gasteiger partial charge in [0.2, 0.25) is 5.91 Å². The van der Waals surface area contributed by atoms with E-state index in [1.54, 1.807) is 23.1 Å². The van der Waals surface area contributed by atoms with Crippen molar-refractivity contribution >= 4 is 35.0 Å². The van der Waals surface area contributed by atoms with Crippen molar-refractivity contribution in [2.75, 3.05) is 18.8 Å². The number of hydrogen-bond acceptors (Lipinski definition) is 5. The van der Waals surface area contributed by atoms with Crippen LogP contribution in [0.5, 0.6) is 0 Å². The molecule has 0 saturated heterocycles. The van der Waals surface area contributed by atoms with Gasteiger partial charge in [-0.2, -0.15) is 0 Å². The summed E-state index contributed by atoms with van der Waals surface area (Å²) in [6.45, 7) is 7.73. The van der Waals surface area contributed by atoms with E-state index in [0.29, 0.717) is 6.04 Å². The molecule has 27 heavy (non-hydrogen) atoms. The molecule has 1 aromatic rings. The van der Waals surface area contributed by atoms with Gasteiger partial charge in [-0.05, 0) is 46.5 Å². The molecule has 8 heteroatoms. The minimum atomic E-state index is 0.108.